The number of nitrogens with zero attached hydrogens (tertiary/aromatic N) is 4. The van der Waals surface area contributed by atoms with Crippen LogP contribution in [0.2, 0.25) is 0 Å². The van der Waals surface area contributed by atoms with Gasteiger partial charge in [0.2, 0.25) is 0 Å². The van der Waals surface area contributed by atoms with Crippen LogP contribution in [0.3, 0.4) is 0 Å². The molecule has 6 nitrogen and oxygen atoms in total. The van der Waals surface area contributed by atoms with Crippen molar-refractivity contribution in [3.8, 4) is 5.69 Å². The number of rotatable bonds is 4. The Morgan fingerprint density at radius 3 is 3.05 bits per heavy atom. The molecule has 0 saturated heterocycles. The Kier molecular flexibility index (Phi) is 3.34. The standard InChI is InChI=1S/C13H10N4O2S/c18-12(19)7-20-13-16-15-8-17(13)11-5-1-4-10-9(11)3-2-6-14-10/h1-6,8H,7H2,(H,18,19). The number of carbonyl (C=O) groups is 1. The lowest BCUT2D eigenvalue weighted by atomic mass is 10.2. The van der Waals surface area contributed by atoms with Crippen LogP contribution in [0, 0.1) is 0 Å². The van der Waals surface area contributed by atoms with Crippen LogP contribution in [0.4, 0.5) is 0 Å². The molecular formula is C13H10N4O2S. The molecule has 3 aromatic rings. The van der Waals surface area contributed by atoms with E-state index in [0.717, 1.165) is 28.4 Å². The zero-order valence-corrected chi connectivity index (χ0v) is 11.1. The first kappa shape index (κ1) is 12.6. The SMILES string of the molecule is O=C(O)CSc1nncn1-c1cccc2ncccc12. The fraction of sp³-hybridized carbons (Fsp3) is 0.0769. The van der Waals surface area contributed by atoms with Gasteiger partial charge in [0.25, 0.3) is 0 Å². The van der Waals surface area contributed by atoms with E-state index < -0.39 is 5.97 Å². The molecule has 2 aromatic heterocycles. The predicted octanol–water partition coefficient (Wildman–Crippen LogP) is 1.99. The molecular weight excluding hydrogens is 276 g/mol. The van der Waals surface area contributed by atoms with E-state index in [0.29, 0.717) is 5.16 Å². The van der Waals surface area contributed by atoms with Gasteiger partial charge in [-0.2, -0.15) is 0 Å². The molecule has 0 aliphatic carbocycles. The smallest absolute Gasteiger partial charge is 0.313 e. The molecule has 7 heteroatoms. The van der Waals surface area contributed by atoms with Crippen molar-refractivity contribution in [3.63, 3.8) is 0 Å². The number of benzene rings is 1. The van der Waals surface area contributed by atoms with Gasteiger partial charge in [0.05, 0.1) is 17.0 Å². The minimum Gasteiger partial charge on any atom is -0.481 e. The van der Waals surface area contributed by atoms with E-state index in [1.165, 1.54) is 0 Å². The van der Waals surface area contributed by atoms with Crippen molar-refractivity contribution < 1.29 is 9.90 Å². The van der Waals surface area contributed by atoms with Gasteiger partial charge in [-0.25, -0.2) is 0 Å². The molecule has 0 amide bonds. The Morgan fingerprint density at radius 1 is 1.30 bits per heavy atom. The van der Waals surface area contributed by atoms with Gasteiger partial charge in [-0.1, -0.05) is 17.8 Å². The molecule has 2 heterocycles. The summed E-state index contributed by atoms with van der Waals surface area (Å²) in [5, 5.41) is 18.1. The quantitative estimate of drug-likeness (QED) is 0.739. The second-order valence-corrected chi connectivity index (χ2v) is 4.96. The first-order valence-corrected chi connectivity index (χ1v) is 6.83. The highest BCUT2D eigenvalue weighted by molar-refractivity contribution is 7.99. The Morgan fingerprint density at radius 2 is 2.20 bits per heavy atom. The maximum atomic E-state index is 10.7. The molecule has 0 fully saturated rings. The van der Waals surface area contributed by atoms with Crippen LogP contribution < -0.4 is 0 Å². The van der Waals surface area contributed by atoms with Crippen LogP contribution in [0.15, 0.2) is 48.0 Å². The number of pyridine rings is 1. The third-order valence-corrected chi connectivity index (χ3v) is 3.65. The number of aromatic nitrogens is 4. The minimum atomic E-state index is -0.885. The fourth-order valence-corrected chi connectivity index (χ4v) is 2.55. The number of fused-ring (bicyclic) bond motifs is 1. The van der Waals surface area contributed by atoms with Gasteiger partial charge < -0.3 is 5.11 Å². The van der Waals surface area contributed by atoms with Gasteiger partial charge in [-0.05, 0) is 24.3 Å². The van der Waals surface area contributed by atoms with Crippen molar-refractivity contribution in [2.24, 2.45) is 0 Å². The maximum Gasteiger partial charge on any atom is 0.313 e. The van der Waals surface area contributed by atoms with Crippen LogP contribution in [-0.4, -0.2) is 36.6 Å². The molecule has 0 saturated carbocycles. The van der Waals surface area contributed by atoms with E-state index >= 15 is 0 Å². The van der Waals surface area contributed by atoms with E-state index in [2.05, 4.69) is 15.2 Å². The van der Waals surface area contributed by atoms with Crippen molar-refractivity contribution in [2.75, 3.05) is 5.75 Å². The van der Waals surface area contributed by atoms with Crippen LogP contribution >= 0.6 is 11.8 Å². The van der Waals surface area contributed by atoms with Crippen molar-refractivity contribution >= 4 is 28.6 Å². The predicted molar refractivity (Wildman–Crippen MR) is 75.0 cm³/mol. The summed E-state index contributed by atoms with van der Waals surface area (Å²) in [7, 11) is 0. The fourth-order valence-electron chi connectivity index (χ4n) is 1.91. The highest BCUT2D eigenvalue weighted by atomic mass is 32.2. The highest BCUT2D eigenvalue weighted by Crippen LogP contribution is 2.24. The molecule has 0 aliphatic rings. The number of carboxylic acid groups (broad SMARTS) is 1. The summed E-state index contributed by atoms with van der Waals surface area (Å²) >= 11 is 1.13. The summed E-state index contributed by atoms with van der Waals surface area (Å²) in [6.07, 6.45) is 3.31. The van der Waals surface area contributed by atoms with E-state index in [4.69, 9.17) is 5.11 Å². The number of thioether (sulfide) groups is 1. The first-order valence-electron chi connectivity index (χ1n) is 5.84. The van der Waals surface area contributed by atoms with Gasteiger partial charge in [-0.3, -0.25) is 14.3 Å². The van der Waals surface area contributed by atoms with Crippen molar-refractivity contribution in [3.05, 3.63) is 42.9 Å². The minimum absolute atomic E-state index is 0.0539. The lowest BCUT2D eigenvalue weighted by Crippen LogP contribution is -2.01. The van der Waals surface area contributed by atoms with Gasteiger partial charge >= 0.3 is 5.97 Å². The molecule has 1 aromatic carbocycles. The molecule has 0 aliphatic heterocycles. The number of carboxylic acids is 1. The second kappa shape index (κ2) is 5.30. The van der Waals surface area contributed by atoms with Gasteiger partial charge in [0, 0.05) is 11.6 Å². The van der Waals surface area contributed by atoms with E-state index in [1.807, 2.05) is 30.3 Å². The zero-order valence-electron chi connectivity index (χ0n) is 10.3. The Hall–Kier alpha value is -2.41. The summed E-state index contributed by atoms with van der Waals surface area (Å²) in [4.78, 5) is 15.0. The van der Waals surface area contributed by atoms with Gasteiger partial charge in [0.15, 0.2) is 5.16 Å². The average Bonchev–Trinajstić information content (AvgIpc) is 2.92. The number of hydrogen-bond acceptors (Lipinski definition) is 5. The average molecular weight is 286 g/mol. The van der Waals surface area contributed by atoms with Crippen molar-refractivity contribution in [1.82, 2.24) is 19.7 Å². The lowest BCUT2D eigenvalue weighted by molar-refractivity contribution is -0.133. The molecule has 3 rings (SSSR count). The van der Waals surface area contributed by atoms with Crippen molar-refractivity contribution in [2.45, 2.75) is 5.16 Å². The molecule has 100 valence electrons. The summed E-state index contributed by atoms with van der Waals surface area (Å²) in [5.74, 6) is -0.939. The zero-order chi connectivity index (χ0) is 13.9. The van der Waals surface area contributed by atoms with Gasteiger partial charge in [0.1, 0.15) is 6.33 Å². The largest absolute Gasteiger partial charge is 0.481 e. The molecule has 0 unspecified atom stereocenters. The molecule has 0 spiro atoms. The van der Waals surface area contributed by atoms with Gasteiger partial charge in [-0.15, -0.1) is 10.2 Å². The third-order valence-electron chi connectivity index (χ3n) is 2.72. The van der Waals surface area contributed by atoms with Crippen molar-refractivity contribution in [1.29, 1.82) is 0 Å². The summed E-state index contributed by atoms with van der Waals surface area (Å²) in [5.41, 5.74) is 1.75. The van der Waals surface area contributed by atoms with E-state index in [9.17, 15) is 4.79 Å². The normalized spacial score (nSPS) is 10.8. The molecule has 20 heavy (non-hydrogen) atoms. The first-order chi connectivity index (χ1) is 9.75. The summed E-state index contributed by atoms with van der Waals surface area (Å²) < 4.78 is 1.78. The Balaban J connectivity index is 2.08. The van der Waals surface area contributed by atoms with Crippen LogP contribution in [0.1, 0.15) is 0 Å². The second-order valence-electron chi connectivity index (χ2n) is 4.01. The maximum absolute atomic E-state index is 10.7. The molecule has 0 atom stereocenters. The Labute approximate surface area is 118 Å². The molecule has 1 N–H and O–H groups in total. The lowest BCUT2D eigenvalue weighted by Gasteiger charge is -2.08. The monoisotopic (exact) mass is 286 g/mol. The number of aliphatic carboxylic acids is 1. The van der Waals surface area contributed by atoms with E-state index in [1.54, 1.807) is 17.1 Å². The number of hydrogen-bond donors (Lipinski definition) is 1. The van der Waals surface area contributed by atoms with Crippen LogP contribution in [0.5, 0.6) is 0 Å². The van der Waals surface area contributed by atoms with E-state index in [-0.39, 0.29) is 5.75 Å². The summed E-state index contributed by atoms with van der Waals surface area (Å²) in [6, 6.07) is 9.57. The van der Waals surface area contributed by atoms with Crippen LogP contribution in [0.25, 0.3) is 16.6 Å². The molecule has 0 bridgehead atoms. The topological polar surface area (TPSA) is 80.9 Å². The Bertz CT molecular complexity index is 766. The van der Waals surface area contributed by atoms with Crippen LogP contribution in [-0.2, 0) is 4.79 Å². The molecule has 0 radical (unpaired) electrons. The highest BCUT2D eigenvalue weighted by Gasteiger charge is 2.11. The summed E-state index contributed by atoms with van der Waals surface area (Å²) in [6.45, 7) is 0. The third kappa shape index (κ3) is 2.35.